The first-order valence-corrected chi connectivity index (χ1v) is 10.1. The molecule has 27 heavy (non-hydrogen) atoms. The predicted octanol–water partition coefficient (Wildman–Crippen LogP) is 2.07. The molecule has 6 heteroatoms. The highest BCUT2D eigenvalue weighted by Crippen LogP contribution is 2.09. The van der Waals surface area contributed by atoms with E-state index in [4.69, 9.17) is 4.99 Å². The topological polar surface area (TPSA) is 60.0 Å². The summed E-state index contributed by atoms with van der Waals surface area (Å²) in [5.41, 5.74) is 1.32. The molecule has 1 fully saturated rings. The number of guanidine groups is 1. The molecule has 0 bridgehead atoms. The Kier molecular flexibility index (Phi) is 9.11. The van der Waals surface area contributed by atoms with E-state index >= 15 is 0 Å². The third-order valence-electron chi connectivity index (χ3n) is 4.95. The van der Waals surface area contributed by atoms with Crippen molar-refractivity contribution in [2.75, 3.05) is 39.8 Å². The van der Waals surface area contributed by atoms with Crippen molar-refractivity contribution in [1.82, 2.24) is 20.4 Å². The molecular formula is C21H35N5O. The molecule has 150 valence electrons. The number of aliphatic imine (C=N–C) groups is 1. The van der Waals surface area contributed by atoms with Crippen molar-refractivity contribution >= 4 is 11.9 Å². The standard InChI is InChI=1S/C21H35N5O/c1-4-22-21(23-13-9-15-26-14-8-12-20(26)27)24-16-18(2)25(3)17-19-10-6-5-7-11-19/h5-7,10-11,18H,4,8-9,12-17H2,1-3H3,(H2,22,23,24). The van der Waals surface area contributed by atoms with E-state index in [0.717, 1.165) is 58.1 Å². The summed E-state index contributed by atoms with van der Waals surface area (Å²) in [7, 11) is 2.14. The first kappa shape index (κ1) is 21.2. The maximum atomic E-state index is 11.6. The molecule has 1 saturated heterocycles. The van der Waals surface area contributed by atoms with E-state index in [0.29, 0.717) is 18.4 Å². The Morgan fingerprint density at radius 3 is 2.74 bits per heavy atom. The fraction of sp³-hybridized carbons (Fsp3) is 0.619. The van der Waals surface area contributed by atoms with Gasteiger partial charge in [-0.2, -0.15) is 0 Å². The summed E-state index contributed by atoms with van der Waals surface area (Å²) in [5.74, 6) is 1.15. The van der Waals surface area contributed by atoms with Gasteiger partial charge in [0.05, 0.1) is 6.54 Å². The zero-order valence-corrected chi connectivity index (χ0v) is 17.1. The second-order valence-electron chi connectivity index (χ2n) is 7.23. The molecule has 0 aromatic heterocycles. The number of likely N-dealkylation sites (tertiary alicyclic amines) is 1. The summed E-state index contributed by atoms with van der Waals surface area (Å²) in [6.07, 6.45) is 2.66. The van der Waals surface area contributed by atoms with Gasteiger partial charge in [-0.1, -0.05) is 30.3 Å². The predicted molar refractivity (Wildman–Crippen MR) is 112 cm³/mol. The van der Waals surface area contributed by atoms with Crippen LogP contribution in [0.5, 0.6) is 0 Å². The molecule has 2 rings (SSSR count). The van der Waals surface area contributed by atoms with E-state index in [1.165, 1.54) is 5.56 Å². The molecule has 1 heterocycles. The highest BCUT2D eigenvalue weighted by atomic mass is 16.2. The minimum Gasteiger partial charge on any atom is -0.357 e. The van der Waals surface area contributed by atoms with E-state index < -0.39 is 0 Å². The van der Waals surface area contributed by atoms with Gasteiger partial charge in [0.25, 0.3) is 0 Å². The van der Waals surface area contributed by atoms with Crippen LogP contribution in [0.15, 0.2) is 35.3 Å². The van der Waals surface area contributed by atoms with Crippen LogP contribution in [-0.4, -0.2) is 67.5 Å². The van der Waals surface area contributed by atoms with Gasteiger partial charge in [0.2, 0.25) is 5.91 Å². The molecule has 1 atom stereocenters. The van der Waals surface area contributed by atoms with Crippen molar-refractivity contribution in [3.63, 3.8) is 0 Å². The maximum Gasteiger partial charge on any atom is 0.222 e. The summed E-state index contributed by atoms with van der Waals surface area (Å²) in [6.45, 7) is 9.35. The van der Waals surface area contributed by atoms with Crippen LogP contribution in [0.4, 0.5) is 0 Å². The highest BCUT2D eigenvalue weighted by Gasteiger charge is 2.19. The molecule has 0 spiro atoms. The summed E-state index contributed by atoms with van der Waals surface area (Å²) < 4.78 is 0. The van der Waals surface area contributed by atoms with Gasteiger partial charge in [0.15, 0.2) is 5.96 Å². The number of amides is 1. The maximum absolute atomic E-state index is 11.6. The summed E-state index contributed by atoms with van der Waals surface area (Å²) in [5, 5.41) is 6.69. The average Bonchev–Trinajstić information content (AvgIpc) is 3.08. The summed E-state index contributed by atoms with van der Waals surface area (Å²) in [4.78, 5) is 20.7. The minimum atomic E-state index is 0.297. The van der Waals surface area contributed by atoms with E-state index in [-0.39, 0.29) is 0 Å². The molecule has 1 aliphatic heterocycles. The molecule has 6 nitrogen and oxygen atoms in total. The van der Waals surface area contributed by atoms with Crippen molar-refractivity contribution in [3.8, 4) is 0 Å². The Morgan fingerprint density at radius 2 is 2.07 bits per heavy atom. The van der Waals surface area contributed by atoms with Gasteiger partial charge >= 0.3 is 0 Å². The van der Waals surface area contributed by atoms with Gasteiger partial charge in [-0.3, -0.25) is 14.7 Å². The second kappa shape index (κ2) is 11.6. The Balaban J connectivity index is 1.73. The lowest BCUT2D eigenvalue weighted by Gasteiger charge is -2.24. The molecule has 0 radical (unpaired) electrons. The number of nitrogens with one attached hydrogen (secondary N) is 2. The van der Waals surface area contributed by atoms with Gasteiger partial charge in [0.1, 0.15) is 0 Å². The second-order valence-corrected chi connectivity index (χ2v) is 7.23. The fourth-order valence-electron chi connectivity index (χ4n) is 3.15. The molecule has 1 aliphatic rings. The molecule has 1 aromatic rings. The molecule has 1 amide bonds. The SMILES string of the molecule is CCNC(=NCC(C)N(C)Cc1ccccc1)NCCCN1CCCC1=O. The number of carbonyl (C=O) groups is 1. The van der Waals surface area contributed by atoms with E-state index in [1.54, 1.807) is 0 Å². The number of hydrogen-bond acceptors (Lipinski definition) is 3. The van der Waals surface area contributed by atoms with Gasteiger partial charge in [-0.25, -0.2) is 0 Å². The lowest BCUT2D eigenvalue weighted by molar-refractivity contribution is -0.127. The zero-order valence-electron chi connectivity index (χ0n) is 17.1. The van der Waals surface area contributed by atoms with E-state index in [2.05, 4.69) is 60.7 Å². The van der Waals surface area contributed by atoms with Crippen LogP contribution < -0.4 is 10.6 Å². The van der Waals surface area contributed by atoms with E-state index in [1.807, 2.05) is 11.0 Å². The van der Waals surface area contributed by atoms with Gasteiger partial charge < -0.3 is 15.5 Å². The zero-order chi connectivity index (χ0) is 19.5. The molecule has 0 aliphatic carbocycles. The van der Waals surface area contributed by atoms with Gasteiger partial charge in [-0.05, 0) is 39.3 Å². The minimum absolute atomic E-state index is 0.297. The van der Waals surface area contributed by atoms with E-state index in [9.17, 15) is 4.79 Å². The first-order chi connectivity index (χ1) is 13.1. The van der Waals surface area contributed by atoms with Crippen LogP contribution in [0, 0.1) is 0 Å². The Bertz CT molecular complexity index is 589. The van der Waals surface area contributed by atoms with Crippen LogP contribution in [0.1, 0.15) is 38.7 Å². The third kappa shape index (κ3) is 7.59. The van der Waals surface area contributed by atoms with Crippen LogP contribution in [0.25, 0.3) is 0 Å². The molecular weight excluding hydrogens is 338 g/mol. The number of hydrogen-bond donors (Lipinski definition) is 2. The number of carbonyl (C=O) groups excluding carboxylic acids is 1. The summed E-state index contributed by atoms with van der Waals surface area (Å²) in [6, 6.07) is 10.9. The van der Waals surface area contributed by atoms with Crippen LogP contribution >= 0.6 is 0 Å². The average molecular weight is 374 g/mol. The number of benzene rings is 1. The Morgan fingerprint density at radius 1 is 1.30 bits per heavy atom. The van der Waals surface area contributed by atoms with Gasteiger partial charge in [-0.15, -0.1) is 0 Å². The van der Waals surface area contributed by atoms with Crippen molar-refractivity contribution < 1.29 is 4.79 Å². The lowest BCUT2D eigenvalue weighted by atomic mass is 10.2. The van der Waals surface area contributed by atoms with Gasteiger partial charge in [0, 0.05) is 45.2 Å². The van der Waals surface area contributed by atoms with Crippen molar-refractivity contribution in [2.24, 2.45) is 4.99 Å². The largest absolute Gasteiger partial charge is 0.357 e. The van der Waals surface area contributed by atoms with Crippen LogP contribution in [0.3, 0.4) is 0 Å². The lowest BCUT2D eigenvalue weighted by Crippen LogP contribution is -2.40. The highest BCUT2D eigenvalue weighted by molar-refractivity contribution is 5.79. The number of nitrogens with zero attached hydrogens (tertiary/aromatic N) is 3. The van der Waals surface area contributed by atoms with Crippen molar-refractivity contribution in [2.45, 2.75) is 45.7 Å². The third-order valence-corrected chi connectivity index (χ3v) is 4.95. The summed E-state index contributed by atoms with van der Waals surface area (Å²) >= 11 is 0. The van der Waals surface area contributed by atoms with Crippen LogP contribution in [0.2, 0.25) is 0 Å². The number of likely N-dealkylation sites (N-methyl/N-ethyl adjacent to an activating group) is 1. The molecule has 1 aromatic carbocycles. The normalized spacial score (nSPS) is 16.1. The quantitative estimate of drug-likeness (QED) is 0.374. The Hall–Kier alpha value is -2.08. The fourth-order valence-corrected chi connectivity index (χ4v) is 3.15. The Labute approximate surface area is 164 Å². The molecule has 1 unspecified atom stereocenters. The molecule has 0 saturated carbocycles. The smallest absolute Gasteiger partial charge is 0.222 e. The molecule has 2 N–H and O–H groups in total. The van der Waals surface area contributed by atoms with Crippen molar-refractivity contribution in [3.05, 3.63) is 35.9 Å². The monoisotopic (exact) mass is 373 g/mol. The number of rotatable bonds is 10. The van der Waals surface area contributed by atoms with Crippen LogP contribution in [-0.2, 0) is 11.3 Å². The first-order valence-electron chi connectivity index (χ1n) is 10.1. The van der Waals surface area contributed by atoms with Crippen molar-refractivity contribution in [1.29, 1.82) is 0 Å².